The third-order valence-electron chi connectivity index (χ3n) is 1.71. The SMILES string of the molecule is CC(CO)(CO)[N+](=O)[O-].O=S(=O)(O)C(F)(F)F.O=S(=O)(O)C(F)(F)F. The smallest absolute Gasteiger partial charge is 0.389 e. The molecule has 0 spiro atoms. The average Bonchev–Trinajstić information content (AvgIpc) is 2.34. The molecule has 0 radical (unpaired) electrons. The summed E-state index contributed by atoms with van der Waals surface area (Å²) in [7, 11) is -11.7. The Labute approximate surface area is 135 Å². The molecule has 0 saturated heterocycles. The highest BCUT2D eigenvalue weighted by molar-refractivity contribution is 7.86. The van der Waals surface area contributed by atoms with Crippen molar-refractivity contribution in [2.45, 2.75) is 23.5 Å². The molecule has 0 atom stereocenters. The molecule has 0 saturated carbocycles. The van der Waals surface area contributed by atoms with E-state index >= 15 is 0 Å². The molecule has 0 heterocycles. The van der Waals surface area contributed by atoms with Crippen LogP contribution in [0.4, 0.5) is 26.3 Å². The van der Waals surface area contributed by atoms with Crippen LogP contribution < -0.4 is 0 Å². The number of alkyl halides is 6. The van der Waals surface area contributed by atoms with E-state index in [9.17, 15) is 36.5 Å². The second-order valence-electron chi connectivity index (χ2n) is 3.91. The van der Waals surface area contributed by atoms with Crippen LogP contribution in [0.2, 0.25) is 0 Å². The molecule has 0 bridgehead atoms. The second kappa shape index (κ2) is 9.43. The van der Waals surface area contributed by atoms with Gasteiger partial charge in [0.15, 0.2) is 0 Å². The predicted molar refractivity (Wildman–Crippen MR) is 64.8 cm³/mol. The van der Waals surface area contributed by atoms with Crippen molar-refractivity contribution in [1.29, 1.82) is 0 Å². The van der Waals surface area contributed by atoms with Crippen molar-refractivity contribution >= 4 is 20.2 Å². The Kier molecular flexibility index (Phi) is 10.8. The lowest BCUT2D eigenvalue weighted by molar-refractivity contribution is -0.572. The first-order chi connectivity index (χ1) is 10.6. The standard InChI is InChI=1S/C4H9NO4.2CHF3O3S/c1-4(2-6,3-7)5(8)9;2*2-1(3,4)8(5,6)7/h6-7H,2-3H2,1H3;2*(H,5,6,7). The summed E-state index contributed by atoms with van der Waals surface area (Å²) in [5.74, 6) is 0. The maximum atomic E-state index is 10.7. The zero-order chi connectivity index (χ0) is 21.5. The Morgan fingerprint density at radius 2 is 1.00 bits per heavy atom. The van der Waals surface area contributed by atoms with Crippen LogP contribution in [0.25, 0.3) is 0 Å². The lowest BCUT2D eigenvalue weighted by atomic mass is 10.1. The minimum atomic E-state index is -5.84. The normalized spacial score (nSPS) is 13.1. The largest absolute Gasteiger partial charge is 0.522 e. The van der Waals surface area contributed by atoms with Crippen LogP contribution in [-0.2, 0) is 20.2 Å². The molecule has 0 fully saturated rings. The average molecular weight is 435 g/mol. The minimum absolute atomic E-state index is 0.642. The van der Waals surface area contributed by atoms with Gasteiger partial charge in [-0.15, -0.1) is 0 Å². The Bertz CT molecular complexity index is 577. The highest BCUT2D eigenvalue weighted by atomic mass is 32.2. The van der Waals surface area contributed by atoms with Crippen molar-refractivity contribution in [2.75, 3.05) is 13.2 Å². The van der Waals surface area contributed by atoms with E-state index in [0.29, 0.717) is 0 Å². The molecule has 0 aliphatic rings. The summed E-state index contributed by atoms with van der Waals surface area (Å²) in [6, 6.07) is 0. The van der Waals surface area contributed by atoms with Crippen molar-refractivity contribution in [1.82, 2.24) is 0 Å². The molecule has 0 aliphatic carbocycles. The summed E-state index contributed by atoms with van der Waals surface area (Å²) in [5.41, 5.74) is -12.7. The van der Waals surface area contributed by atoms with Gasteiger partial charge in [0.25, 0.3) is 5.54 Å². The third kappa shape index (κ3) is 11.8. The van der Waals surface area contributed by atoms with Crippen LogP contribution in [-0.4, -0.2) is 70.8 Å². The van der Waals surface area contributed by atoms with Crippen molar-refractivity contribution < 1.29 is 67.4 Å². The van der Waals surface area contributed by atoms with E-state index in [1.165, 1.54) is 6.92 Å². The lowest BCUT2D eigenvalue weighted by Crippen LogP contribution is -2.42. The molecule has 0 amide bonds. The summed E-state index contributed by atoms with van der Waals surface area (Å²) in [5, 5.41) is 26.7. The molecule has 11 nitrogen and oxygen atoms in total. The number of aliphatic hydroxyl groups is 2. The zero-order valence-corrected chi connectivity index (χ0v) is 13.3. The van der Waals surface area contributed by atoms with Gasteiger partial charge in [0.05, 0.1) is 0 Å². The van der Waals surface area contributed by atoms with Gasteiger partial charge in [0.1, 0.15) is 13.2 Å². The maximum absolute atomic E-state index is 10.7. The summed E-state index contributed by atoms with van der Waals surface area (Å²) >= 11 is 0. The van der Waals surface area contributed by atoms with Crippen LogP contribution in [0.5, 0.6) is 0 Å². The first-order valence-corrected chi connectivity index (χ1v) is 7.88. The van der Waals surface area contributed by atoms with E-state index in [1.54, 1.807) is 0 Å². The Balaban J connectivity index is -0.000000291. The number of nitrogens with zero attached hydrogens (tertiary/aromatic N) is 1. The number of hydrogen-bond donors (Lipinski definition) is 4. The van der Waals surface area contributed by atoms with Gasteiger partial charge >= 0.3 is 31.3 Å². The van der Waals surface area contributed by atoms with Gasteiger partial charge in [-0.3, -0.25) is 19.2 Å². The molecule has 0 aliphatic heterocycles. The molecular weight excluding hydrogens is 424 g/mol. The van der Waals surface area contributed by atoms with E-state index in [-0.39, 0.29) is 0 Å². The predicted octanol–water partition coefficient (Wildman–Crippen LogP) is -0.206. The second-order valence-corrected chi connectivity index (χ2v) is 6.74. The lowest BCUT2D eigenvalue weighted by Gasteiger charge is -2.13. The zero-order valence-electron chi connectivity index (χ0n) is 11.7. The molecule has 25 heavy (non-hydrogen) atoms. The fourth-order valence-electron chi connectivity index (χ4n) is 0.165. The van der Waals surface area contributed by atoms with Crippen LogP contribution in [0.15, 0.2) is 0 Å². The van der Waals surface area contributed by atoms with Crippen LogP contribution in [0.3, 0.4) is 0 Å². The van der Waals surface area contributed by atoms with Gasteiger partial charge in [-0.1, -0.05) is 0 Å². The highest BCUT2D eigenvalue weighted by Gasteiger charge is 2.45. The van der Waals surface area contributed by atoms with E-state index in [2.05, 4.69) is 0 Å². The summed E-state index contributed by atoms with van der Waals surface area (Å²) in [4.78, 5) is 9.27. The van der Waals surface area contributed by atoms with Gasteiger partial charge in [0.2, 0.25) is 0 Å². The minimum Gasteiger partial charge on any atom is -0.389 e. The first-order valence-electron chi connectivity index (χ1n) is 5.00. The van der Waals surface area contributed by atoms with Crippen LogP contribution >= 0.6 is 0 Å². The van der Waals surface area contributed by atoms with E-state index in [1.807, 2.05) is 0 Å². The van der Waals surface area contributed by atoms with Crippen LogP contribution in [0.1, 0.15) is 6.92 Å². The number of nitro groups is 1. The van der Waals surface area contributed by atoms with Crippen molar-refractivity contribution in [3.63, 3.8) is 0 Å². The summed E-state index contributed by atoms with van der Waals surface area (Å²) in [6.45, 7) is -0.111. The fraction of sp³-hybridized carbons (Fsp3) is 1.00. The van der Waals surface area contributed by atoms with Crippen LogP contribution in [0, 0.1) is 10.1 Å². The van der Waals surface area contributed by atoms with Crippen molar-refractivity contribution in [3.05, 3.63) is 10.1 Å². The third-order valence-corrected chi connectivity index (χ3v) is 2.88. The summed E-state index contributed by atoms with van der Waals surface area (Å²) < 4.78 is 115. The molecule has 19 heteroatoms. The van der Waals surface area contributed by atoms with Gasteiger partial charge in [0, 0.05) is 11.8 Å². The molecule has 0 rings (SSSR count). The quantitative estimate of drug-likeness (QED) is 0.152. The molecule has 0 aromatic carbocycles. The molecule has 0 aromatic rings. The summed E-state index contributed by atoms with van der Waals surface area (Å²) in [6.07, 6.45) is 0. The maximum Gasteiger partial charge on any atom is 0.522 e. The van der Waals surface area contributed by atoms with E-state index < -0.39 is 54.9 Å². The Hall–Kier alpha value is -1.28. The monoisotopic (exact) mass is 435 g/mol. The van der Waals surface area contributed by atoms with Gasteiger partial charge in [-0.25, -0.2) is 0 Å². The molecular formula is C6H11F6NO10S2. The molecule has 4 N–H and O–H groups in total. The van der Waals surface area contributed by atoms with Crippen molar-refractivity contribution in [2.24, 2.45) is 0 Å². The van der Waals surface area contributed by atoms with Crippen molar-refractivity contribution in [3.8, 4) is 0 Å². The fourth-order valence-corrected chi connectivity index (χ4v) is 0.165. The van der Waals surface area contributed by atoms with Gasteiger partial charge < -0.3 is 10.2 Å². The highest BCUT2D eigenvalue weighted by Crippen LogP contribution is 2.21. The number of halogens is 6. The Morgan fingerprint density at radius 3 is 1.00 bits per heavy atom. The molecule has 0 unspecified atom stereocenters. The number of aliphatic hydroxyl groups excluding tert-OH is 2. The van der Waals surface area contributed by atoms with E-state index in [4.69, 9.17) is 36.2 Å². The molecule has 0 aromatic heterocycles. The van der Waals surface area contributed by atoms with E-state index in [0.717, 1.165) is 0 Å². The van der Waals surface area contributed by atoms with Gasteiger partial charge in [-0.2, -0.15) is 43.2 Å². The number of hydrogen-bond acceptors (Lipinski definition) is 8. The first kappa shape index (κ1) is 28.5. The molecule has 154 valence electrons. The Morgan fingerprint density at radius 1 is 0.840 bits per heavy atom. The topological polar surface area (TPSA) is 192 Å². The van der Waals surface area contributed by atoms with Gasteiger partial charge in [-0.05, 0) is 0 Å². The number of rotatable bonds is 3.